The summed E-state index contributed by atoms with van der Waals surface area (Å²) < 4.78 is 31.6. The van der Waals surface area contributed by atoms with E-state index < -0.39 is 11.6 Å². The number of halogens is 3. The van der Waals surface area contributed by atoms with Gasteiger partial charge in [-0.3, -0.25) is 0 Å². The van der Waals surface area contributed by atoms with Crippen molar-refractivity contribution in [3.63, 3.8) is 0 Å². The fourth-order valence-electron chi connectivity index (χ4n) is 1.89. The van der Waals surface area contributed by atoms with E-state index in [9.17, 15) is 8.78 Å². The van der Waals surface area contributed by atoms with Crippen LogP contribution in [0.1, 0.15) is 30.5 Å². The van der Waals surface area contributed by atoms with Gasteiger partial charge in [-0.2, -0.15) is 0 Å². The van der Waals surface area contributed by atoms with Crippen molar-refractivity contribution in [3.8, 4) is 0 Å². The minimum Gasteiger partial charge on any atom is -0.472 e. The molecule has 5 heteroatoms. The highest BCUT2D eigenvalue weighted by atomic mass is 35.5. The molecule has 1 aromatic heterocycles. The molecule has 1 atom stereocenters. The molecule has 2 aromatic rings. The molecule has 0 spiro atoms. The Morgan fingerprint density at radius 2 is 2.05 bits per heavy atom. The van der Waals surface area contributed by atoms with E-state index in [-0.39, 0.29) is 11.1 Å². The van der Waals surface area contributed by atoms with Crippen LogP contribution in [0.25, 0.3) is 0 Å². The molecule has 1 N–H and O–H groups in total. The van der Waals surface area contributed by atoms with Crippen molar-refractivity contribution < 1.29 is 13.2 Å². The predicted octanol–water partition coefficient (Wildman–Crippen LogP) is 4.30. The van der Waals surface area contributed by atoms with Crippen LogP contribution in [-0.2, 0) is 0 Å². The maximum Gasteiger partial charge on any atom is 0.160 e. The van der Waals surface area contributed by atoms with Gasteiger partial charge in [0, 0.05) is 10.6 Å². The Bertz CT molecular complexity index is 543. The summed E-state index contributed by atoms with van der Waals surface area (Å²) in [4.78, 5) is 0. The standard InChI is InChI=1S/C14H14ClF2NO/c1-2-4-18-14(9-3-5-19-8-9)10-6-12(16)13(17)7-11(10)15/h3,5-8,14,18H,2,4H2,1H3. The van der Waals surface area contributed by atoms with Crippen LogP contribution in [0.2, 0.25) is 5.02 Å². The van der Waals surface area contributed by atoms with Gasteiger partial charge in [0.1, 0.15) is 0 Å². The summed E-state index contributed by atoms with van der Waals surface area (Å²) in [5, 5.41) is 3.43. The third kappa shape index (κ3) is 3.14. The molecule has 0 fully saturated rings. The maximum absolute atomic E-state index is 13.4. The lowest BCUT2D eigenvalue weighted by Crippen LogP contribution is -2.23. The predicted molar refractivity (Wildman–Crippen MR) is 70.2 cm³/mol. The van der Waals surface area contributed by atoms with E-state index in [4.69, 9.17) is 16.0 Å². The summed E-state index contributed by atoms with van der Waals surface area (Å²) in [7, 11) is 0. The topological polar surface area (TPSA) is 25.2 Å². The Morgan fingerprint density at radius 1 is 1.32 bits per heavy atom. The summed E-state index contributed by atoms with van der Waals surface area (Å²) in [6.07, 6.45) is 4.00. The lowest BCUT2D eigenvalue weighted by atomic mass is 10.0. The number of benzene rings is 1. The summed E-state index contributed by atoms with van der Waals surface area (Å²) >= 11 is 6.01. The molecule has 0 aliphatic heterocycles. The van der Waals surface area contributed by atoms with Gasteiger partial charge in [0.25, 0.3) is 0 Å². The van der Waals surface area contributed by atoms with Gasteiger partial charge in [-0.05, 0) is 36.7 Å². The number of rotatable bonds is 5. The SMILES string of the molecule is CCCNC(c1ccoc1)c1cc(F)c(F)cc1Cl. The first-order valence-electron chi connectivity index (χ1n) is 6.03. The van der Waals surface area contributed by atoms with Gasteiger partial charge in [0.15, 0.2) is 11.6 Å². The molecular weight excluding hydrogens is 272 g/mol. The number of hydrogen-bond donors (Lipinski definition) is 1. The Kier molecular flexibility index (Phi) is 4.56. The Balaban J connectivity index is 2.40. The first-order chi connectivity index (χ1) is 9.13. The highest BCUT2D eigenvalue weighted by Crippen LogP contribution is 2.30. The van der Waals surface area contributed by atoms with Crippen LogP contribution in [0.15, 0.2) is 35.1 Å². The van der Waals surface area contributed by atoms with E-state index in [1.807, 2.05) is 6.92 Å². The second-order valence-corrected chi connectivity index (χ2v) is 4.64. The zero-order valence-electron chi connectivity index (χ0n) is 10.4. The van der Waals surface area contributed by atoms with Crippen molar-refractivity contribution in [3.05, 3.63) is 58.5 Å². The van der Waals surface area contributed by atoms with Crippen LogP contribution >= 0.6 is 11.6 Å². The van der Waals surface area contributed by atoms with Gasteiger partial charge in [-0.15, -0.1) is 0 Å². The lowest BCUT2D eigenvalue weighted by Gasteiger charge is -2.19. The van der Waals surface area contributed by atoms with Gasteiger partial charge in [0.05, 0.1) is 18.6 Å². The van der Waals surface area contributed by atoms with E-state index in [2.05, 4.69) is 5.32 Å². The van der Waals surface area contributed by atoms with E-state index in [0.717, 1.165) is 30.7 Å². The van der Waals surface area contributed by atoms with Crippen LogP contribution in [0.3, 0.4) is 0 Å². The third-order valence-electron chi connectivity index (χ3n) is 2.83. The van der Waals surface area contributed by atoms with E-state index >= 15 is 0 Å². The van der Waals surface area contributed by atoms with Crippen LogP contribution in [-0.4, -0.2) is 6.54 Å². The second kappa shape index (κ2) is 6.17. The summed E-state index contributed by atoms with van der Waals surface area (Å²) in [6.45, 7) is 2.75. The molecule has 0 aliphatic carbocycles. The molecule has 0 aliphatic rings. The van der Waals surface area contributed by atoms with Gasteiger partial charge in [-0.25, -0.2) is 8.78 Å². The molecule has 2 rings (SSSR count). The van der Waals surface area contributed by atoms with Crippen molar-refractivity contribution in [1.82, 2.24) is 5.32 Å². The van der Waals surface area contributed by atoms with Crippen molar-refractivity contribution in [1.29, 1.82) is 0 Å². The molecule has 0 saturated carbocycles. The molecule has 0 saturated heterocycles. The van der Waals surface area contributed by atoms with Crippen LogP contribution in [0, 0.1) is 11.6 Å². The lowest BCUT2D eigenvalue weighted by molar-refractivity contribution is 0.502. The van der Waals surface area contributed by atoms with Crippen LogP contribution in [0.4, 0.5) is 8.78 Å². The zero-order chi connectivity index (χ0) is 13.8. The van der Waals surface area contributed by atoms with Gasteiger partial charge < -0.3 is 9.73 Å². The van der Waals surface area contributed by atoms with Crippen molar-refractivity contribution in [2.45, 2.75) is 19.4 Å². The largest absolute Gasteiger partial charge is 0.472 e. The van der Waals surface area contributed by atoms with Crippen molar-refractivity contribution in [2.75, 3.05) is 6.54 Å². The van der Waals surface area contributed by atoms with Gasteiger partial charge in [0.2, 0.25) is 0 Å². The Labute approximate surface area is 115 Å². The summed E-state index contributed by atoms with van der Waals surface area (Å²) in [6, 6.07) is 3.57. The Morgan fingerprint density at radius 3 is 2.68 bits per heavy atom. The fraction of sp³-hybridized carbons (Fsp3) is 0.286. The molecule has 19 heavy (non-hydrogen) atoms. The average molecular weight is 286 g/mol. The number of nitrogens with one attached hydrogen (secondary N) is 1. The first-order valence-corrected chi connectivity index (χ1v) is 6.41. The van der Waals surface area contributed by atoms with Gasteiger partial charge >= 0.3 is 0 Å². The minimum atomic E-state index is -0.949. The zero-order valence-corrected chi connectivity index (χ0v) is 11.2. The molecule has 1 unspecified atom stereocenters. The molecule has 0 bridgehead atoms. The molecule has 0 radical (unpaired) electrons. The van der Waals surface area contributed by atoms with Crippen molar-refractivity contribution in [2.24, 2.45) is 0 Å². The third-order valence-corrected chi connectivity index (χ3v) is 3.15. The molecule has 2 nitrogen and oxygen atoms in total. The Hall–Kier alpha value is -1.39. The molecule has 1 aromatic carbocycles. The maximum atomic E-state index is 13.4. The van der Waals surface area contributed by atoms with Gasteiger partial charge in [-0.1, -0.05) is 18.5 Å². The second-order valence-electron chi connectivity index (χ2n) is 4.23. The normalized spacial score (nSPS) is 12.6. The van der Waals surface area contributed by atoms with E-state index in [1.165, 1.54) is 6.26 Å². The first kappa shape index (κ1) is 14.0. The molecule has 0 amide bonds. The monoisotopic (exact) mass is 285 g/mol. The number of furan rings is 1. The van der Waals surface area contributed by atoms with Crippen LogP contribution < -0.4 is 5.32 Å². The van der Waals surface area contributed by atoms with Crippen LogP contribution in [0.5, 0.6) is 0 Å². The fourth-order valence-corrected chi connectivity index (χ4v) is 2.15. The average Bonchev–Trinajstić information content (AvgIpc) is 2.89. The quantitative estimate of drug-likeness (QED) is 0.829. The van der Waals surface area contributed by atoms with E-state index in [1.54, 1.807) is 12.3 Å². The highest BCUT2D eigenvalue weighted by molar-refractivity contribution is 6.31. The smallest absolute Gasteiger partial charge is 0.160 e. The van der Waals surface area contributed by atoms with E-state index in [0.29, 0.717) is 5.56 Å². The van der Waals surface area contributed by atoms with Crippen molar-refractivity contribution >= 4 is 11.6 Å². The summed E-state index contributed by atoms with van der Waals surface area (Å²) in [5.74, 6) is -1.86. The molecule has 1 heterocycles. The molecule has 102 valence electrons. The minimum absolute atomic E-state index is 0.189. The molecular formula is C14H14ClF2NO. The highest BCUT2D eigenvalue weighted by Gasteiger charge is 2.20. The summed E-state index contributed by atoms with van der Waals surface area (Å²) in [5.41, 5.74) is 1.32. The number of hydrogen-bond acceptors (Lipinski definition) is 2.